The summed E-state index contributed by atoms with van der Waals surface area (Å²) >= 11 is 0. The van der Waals surface area contributed by atoms with Crippen LogP contribution in [0.1, 0.15) is 71.6 Å². The van der Waals surface area contributed by atoms with E-state index in [1.165, 1.54) is 64.3 Å². The van der Waals surface area contributed by atoms with Gasteiger partial charge < -0.3 is 5.32 Å². The third-order valence-corrected chi connectivity index (χ3v) is 3.68. The Morgan fingerprint density at radius 1 is 1.07 bits per heavy atom. The monoisotopic (exact) mass is 211 g/mol. The molecule has 0 saturated heterocycles. The molecule has 90 valence electrons. The summed E-state index contributed by atoms with van der Waals surface area (Å²) in [7, 11) is 0. The first-order valence-corrected chi connectivity index (χ1v) is 7.10. The second-order valence-corrected chi connectivity index (χ2v) is 5.18. The van der Waals surface area contributed by atoms with E-state index in [9.17, 15) is 0 Å². The van der Waals surface area contributed by atoms with Crippen LogP contribution in [0.4, 0.5) is 0 Å². The lowest BCUT2D eigenvalue weighted by molar-refractivity contribution is 0.361. The third kappa shape index (κ3) is 5.55. The molecular weight excluding hydrogens is 182 g/mol. The van der Waals surface area contributed by atoms with Gasteiger partial charge >= 0.3 is 0 Å². The number of unbranched alkanes of at least 4 members (excludes halogenated alkanes) is 1. The molecule has 0 bridgehead atoms. The molecule has 1 rings (SSSR count). The maximum absolute atomic E-state index is 3.72. The molecule has 0 radical (unpaired) electrons. The van der Waals surface area contributed by atoms with Gasteiger partial charge in [-0.05, 0) is 31.7 Å². The lowest BCUT2D eigenvalue weighted by Gasteiger charge is -2.20. The van der Waals surface area contributed by atoms with Crippen LogP contribution in [0.2, 0.25) is 0 Å². The van der Waals surface area contributed by atoms with Crippen molar-refractivity contribution in [3.63, 3.8) is 0 Å². The Labute approximate surface area is 96.0 Å². The van der Waals surface area contributed by atoms with Crippen LogP contribution in [0.3, 0.4) is 0 Å². The van der Waals surface area contributed by atoms with Crippen LogP contribution >= 0.6 is 0 Å². The molecule has 1 saturated carbocycles. The topological polar surface area (TPSA) is 12.0 Å². The van der Waals surface area contributed by atoms with Gasteiger partial charge in [-0.1, -0.05) is 52.4 Å². The van der Waals surface area contributed by atoms with Crippen molar-refractivity contribution in [2.75, 3.05) is 6.54 Å². The average molecular weight is 211 g/mol. The van der Waals surface area contributed by atoms with E-state index in [2.05, 4.69) is 19.2 Å². The molecule has 1 N–H and O–H groups in total. The molecule has 1 aliphatic carbocycles. The van der Waals surface area contributed by atoms with Crippen molar-refractivity contribution >= 4 is 0 Å². The summed E-state index contributed by atoms with van der Waals surface area (Å²) in [5.41, 5.74) is 0. The van der Waals surface area contributed by atoms with Crippen molar-refractivity contribution in [2.24, 2.45) is 5.92 Å². The van der Waals surface area contributed by atoms with Crippen LogP contribution in [0.15, 0.2) is 0 Å². The Bertz CT molecular complexity index is 128. The third-order valence-electron chi connectivity index (χ3n) is 3.68. The van der Waals surface area contributed by atoms with E-state index in [4.69, 9.17) is 0 Å². The molecular formula is C14H29N. The number of hydrogen-bond donors (Lipinski definition) is 1. The van der Waals surface area contributed by atoms with Crippen molar-refractivity contribution in [2.45, 2.75) is 77.7 Å². The molecule has 0 aromatic heterocycles. The zero-order valence-corrected chi connectivity index (χ0v) is 10.7. The van der Waals surface area contributed by atoms with E-state index in [0.717, 1.165) is 12.0 Å². The molecule has 2 atom stereocenters. The van der Waals surface area contributed by atoms with Gasteiger partial charge in [0, 0.05) is 6.04 Å². The maximum Gasteiger partial charge on any atom is 0.00696 e. The van der Waals surface area contributed by atoms with E-state index in [-0.39, 0.29) is 0 Å². The van der Waals surface area contributed by atoms with Crippen molar-refractivity contribution in [1.82, 2.24) is 5.32 Å². The van der Waals surface area contributed by atoms with Gasteiger partial charge in [0.25, 0.3) is 0 Å². The standard InChI is InChI=1S/C14H29N/c1-3-5-8-13-9-6-7-10-14(12-13)15-11-4-2/h13-15H,3-12H2,1-2H3. The number of nitrogens with one attached hydrogen (secondary N) is 1. The minimum Gasteiger partial charge on any atom is -0.314 e. The van der Waals surface area contributed by atoms with Crippen LogP contribution in [0.5, 0.6) is 0 Å². The van der Waals surface area contributed by atoms with Crippen molar-refractivity contribution in [1.29, 1.82) is 0 Å². The molecule has 0 amide bonds. The predicted molar refractivity (Wildman–Crippen MR) is 68.2 cm³/mol. The maximum atomic E-state index is 3.72. The molecule has 1 nitrogen and oxygen atoms in total. The molecule has 1 heteroatoms. The van der Waals surface area contributed by atoms with Gasteiger partial charge in [0.15, 0.2) is 0 Å². The minimum absolute atomic E-state index is 0.828. The van der Waals surface area contributed by atoms with E-state index in [1.54, 1.807) is 0 Å². The molecule has 0 aromatic rings. The first-order chi connectivity index (χ1) is 7.36. The Hall–Kier alpha value is -0.0400. The average Bonchev–Trinajstić information content (AvgIpc) is 2.48. The lowest BCUT2D eigenvalue weighted by atomic mass is 9.92. The Kier molecular flexibility index (Phi) is 7.08. The highest BCUT2D eigenvalue weighted by Gasteiger charge is 2.18. The molecule has 0 aromatic carbocycles. The summed E-state index contributed by atoms with van der Waals surface area (Å²) in [6, 6.07) is 0.828. The molecule has 0 aliphatic heterocycles. The molecule has 15 heavy (non-hydrogen) atoms. The van der Waals surface area contributed by atoms with Gasteiger partial charge in [0.05, 0.1) is 0 Å². The predicted octanol–water partition coefficient (Wildman–Crippen LogP) is 4.13. The highest BCUT2D eigenvalue weighted by molar-refractivity contribution is 4.76. The van der Waals surface area contributed by atoms with Crippen LogP contribution in [-0.2, 0) is 0 Å². The molecule has 0 spiro atoms. The van der Waals surface area contributed by atoms with E-state index in [1.807, 2.05) is 0 Å². The van der Waals surface area contributed by atoms with Gasteiger partial charge in [-0.15, -0.1) is 0 Å². The van der Waals surface area contributed by atoms with Crippen molar-refractivity contribution in [3.8, 4) is 0 Å². The summed E-state index contributed by atoms with van der Waals surface area (Å²) in [6.45, 7) is 5.78. The van der Waals surface area contributed by atoms with Gasteiger partial charge in [-0.25, -0.2) is 0 Å². The quantitative estimate of drug-likeness (QED) is 0.652. The number of hydrogen-bond acceptors (Lipinski definition) is 1. The smallest absolute Gasteiger partial charge is 0.00696 e. The summed E-state index contributed by atoms with van der Waals surface area (Å²) in [5, 5.41) is 3.72. The first kappa shape index (κ1) is 13.0. The van der Waals surface area contributed by atoms with Gasteiger partial charge in [-0.3, -0.25) is 0 Å². The van der Waals surface area contributed by atoms with E-state index >= 15 is 0 Å². The van der Waals surface area contributed by atoms with Crippen molar-refractivity contribution in [3.05, 3.63) is 0 Å². The van der Waals surface area contributed by atoms with Crippen LogP contribution in [0, 0.1) is 5.92 Å². The summed E-state index contributed by atoms with van der Waals surface area (Å²) < 4.78 is 0. The van der Waals surface area contributed by atoms with Gasteiger partial charge in [0.1, 0.15) is 0 Å². The summed E-state index contributed by atoms with van der Waals surface area (Å²) in [6.07, 6.45) is 12.8. The fraction of sp³-hybridized carbons (Fsp3) is 1.00. The molecule has 1 fully saturated rings. The van der Waals surface area contributed by atoms with Crippen LogP contribution in [0.25, 0.3) is 0 Å². The first-order valence-electron chi connectivity index (χ1n) is 7.10. The second-order valence-electron chi connectivity index (χ2n) is 5.18. The Morgan fingerprint density at radius 2 is 1.87 bits per heavy atom. The molecule has 2 unspecified atom stereocenters. The summed E-state index contributed by atoms with van der Waals surface area (Å²) in [5.74, 6) is 1.02. The SMILES string of the molecule is CCCCC1CCCCC(NCCC)C1. The Morgan fingerprint density at radius 3 is 2.60 bits per heavy atom. The van der Waals surface area contributed by atoms with Crippen molar-refractivity contribution < 1.29 is 0 Å². The van der Waals surface area contributed by atoms with Crippen LogP contribution in [-0.4, -0.2) is 12.6 Å². The zero-order valence-electron chi connectivity index (χ0n) is 10.7. The van der Waals surface area contributed by atoms with Gasteiger partial charge in [-0.2, -0.15) is 0 Å². The summed E-state index contributed by atoms with van der Waals surface area (Å²) in [4.78, 5) is 0. The molecule has 1 aliphatic rings. The highest BCUT2D eigenvalue weighted by Crippen LogP contribution is 2.27. The fourth-order valence-corrected chi connectivity index (χ4v) is 2.75. The lowest BCUT2D eigenvalue weighted by Crippen LogP contribution is -2.30. The zero-order chi connectivity index (χ0) is 10.9. The Balaban J connectivity index is 2.25. The van der Waals surface area contributed by atoms with Crippen LogP contribution < -0.4 is 5.32 Å². The fourth-order valence-electron chi connectivity index (χ4n) is 2.75. The second kappa shape index (κ2) is 8.15. The van der Waals surface area contributed by atoms with Gasteiger partial charge in [0.2, 0.25) is 0 Å². The van der Waals surface area contributed by atoms with E-state index in [0.29, 0.717) is 0 Å². The molecule has 0 heterocycles. The normalized spacial score (nSPS) is 27.6. The highest BCUT2D eigenvalue weighted by atomic mass is 14.9. The van der Waals surface area contributed by atoms with E-state index < -0.39 is 0 Å². The number of rotatable bonds is 6. The minimum atomic E-state index is 0.828. The largest absolute Gasteiger partial charge is 0.314 e.